The minimum atomic E-state index is -0.657. The van der Waals surface area contributed by atoms with E-state index in [1.54, 1.807) is 0 Å². The summed E-state index contributed by atoms with van der Waals surface area (Å²) in [5.74, 6) is -0.854. The lowest BCUT2D eigenvalue weighted by atomic mass is 9.87. The summed E-state index contributed by atoms with van der Waals surface area (Å²) in [6, 6.07) is 8.65. The highest BCUT2D eigenvalue weighted by atomic mass is 16.4. The first-order chi connectivity index (χ1) is 8.08. The first-order valence-electron chi connectivity index (χ1n) is 6.07. The van der Waals surface area contributed by atoms with Gasteiger partial charge in [-0.1, -0.05) is 29.8 Å². The summed E-state index contributed by atoms with van der Waals surface area (Å²) in [4.78, 5) is 13.3. The molecule has 3 nitrogen and oxygen atoms in total. The van der Waals surface area contributed by atoms with Crippen LogP contribution in [0.2, 0.25) is 0 Å². The fourth-order valence-corrected chi connectivity index (χ4v) is 2.49. The second-order valence-corrected chi connectivity index (χ2v) is 4.97. The Morgan fingerprint density at radius 3 is 2.59 bits per heavy atom. The molecule has 2 atom stereocenters. The molecule has 0 spiro atoms. The number of hydrogen-bond acceptors (Lipinski definition) is 2. The van der Waals surface area contributed by atoms with E-state index in [4.69, 9.17) is 5.11 Å². The summed E-state index contributed by atoms with van der Waals surface area (Å²) < 4.78 is 0. The van der Waals surface area contributed by atoms with Crippen molar-refractivity contribution in [3.8, 4) is 0 Å². The van der Waals surface area contributed by atoms with Crippen molar-refractivity contribution >= 4 is 5.97 Å². The van der Waals surface area contributed by atoms with Gasteiger partial charge in [-0.05, 0) is 38.9 Å². The van der Waals surface area contributed by atoms with Gasteiger partial charge in [0.05, 0.1) is 5.92 Å². The van der Waals surface area contributed by atoms with E-state index in [0.717, 1.165) is 19.4 Å². The molecule has 1 aromatic rings. The fourth-order valence-electron chi connectivity index (χ4n) is 2.49. The van der Waals surface area contributed by atoms with Gasteiger partial charge in [-0.2, -0.15) is 0 Å². The molecule has 1 N–H and O–H groups in total. The molecule has 0 aromatic heterocycles. The van der Waals surface area contributed by atoms with E-state index in [2.05, 4.69) is 43.1 Å². The van der Waals surface area contributed by atoms with Crippen molar-refractivity contribution in [3.05, 3.63) is 35.4 Å². The summed E-state index contributed by atoms with van der Waals surface area (Å²) in [6.45, 7) is 2.92. The number of carbonyl (C=O) groups is 1. The summed E-state index contributed by atoms with van der Waals surface area (Å²) in [7, 11) is 2.07. The Kier molecular flexibility index (Phi) is 3.48. The molecule has 0 aliphatic carbocycles. The quantitative estimate of drug-likeness (QED) is 0.853. The zero-order valence-electron chi connectivity index (χ0n) is 10.4. The molecule has 0 saturated carbocycles. The summed E-state index contributed by atoms with van der Waals surface area (Å²) in [5, 5.41) is 9.11. The standard InChI is InChI=1S/C14H19NO2/c1-10-3-5-11(6-4-10)13-9-12(14(16)17)7-8-15(13)2/h3-6,12-13H,7-9H2,1-2H3,(H,16,17). The number of hydrogen-bond donors (Lipinski definition) is 1. The number of carboxylic acid groups (broad SMARTS) is 1. The minimum Gasteiger partial charge on any atom is -0.481 e. The second-order valence-electron chi connectivity index (χ2n) is 4.97. The van der Waals surface area contributed by atoms with E-state index in [-0.39, 0.29) is 12.0 Å². The third kappa shape index (κ3) is 2.67. The number of rotatable bonds is 2. The Morgan fingerprint density at radius 1 is 1.35 bits per heavy atom. The van der Waals surface area contributed by atoms with Crippen molar-refractivity contribution in [1.82, 2.24) is 4.90 Å². The lowest BCUT2D eigenvalue weighted by molar-refractivity contribution is -0.144. The van der Waals surface area contributed by atoms with Crippen molar-refractivity contribution in [1.29, 1.82) is 0 Å². The van der Waals surface area contributed by atoms with Gasteiger partial charge >= 0.3 is 5.97 Å². The highest BCUT2D eigenvalue weighted by Gasteiger charge is 2.30. The number of nitrogens with zero attached hydrogens (tertiary/aromatic N) is 1. The molecule has 1 aliphatic heterocycles. The molecule has 0 amide bonds. The van der Waals surface area contributed by atoms with Crippen molar-refractivity contribution in [3.63, 3.8) is 0 Å². The molecule has 0 bridgehead atoms. The normalized spacial score (nSPS) is 25.8. The van der Waals surface area contributed by atoms with Crippen LogP contribution in [0.4, 0.5) is 0 Å². The zero-order chi connectivity index (χ0) is 12.4. The molecule has 0 radical (unpaired) electrons. The maximum absolute atomic E-state index is 11.1. The van der Waals surface area contributed by atoms with E-state index in [1.807, 2.05) is 0 Å². The average molecular weight is 233 g/mol. The molecule has 1 aromatic carbocycles. The Bertz CT molecular complexity index is 399. The van der Waals surface area contributed by atoms with Gasteiger partial charge in [0.15, 0.2) is 0 Å². The van der Waals surface area contributed by atoms with Crippen LogP contribution in [-0.2, 0) is 4.79 Å². The van der Waals surface area contributed by atoms with Crippen molar-refractivity contribution < 1.29 is 9.90 Å². The number of piperidine rings is 1. The van der Waals surface area contributed by atoms with Gasteiger partial charge in [-0.15, -0.1) is 0 Å². The van der Waals surface area contributed by atoms with E-state index in [0.29, 0.717) is 0 Å². The minimum absolute atomic E-state index is 0.197. The molecule has 3 heteroatoms. The number of aliphatic carboxylic acids is 1. The van der Waals surface area contributed by atoms with Crippen LogP contribution in [0.5, 0.6) is 0 Å². The molecule has 92 valence electrons. The van der Waals surface area contributed by atoms with Crippen LogP contribution in [0.3, 0.4) is 0 Å². The Hall–Kier alpha value is -1.35. The third-order valence-electron chi connectivity index (χ3n) is 3.68. The van der Waals surface area contributed by atoms with Crippen molar-refractivity contribution in [2.45, 2.75) is 25.8 Å². The van der Waals surface area contributed by atoms with Gasteiger partial charge in [0.25, 0.3) is 0 Å². The first-order valence-corrected chi connectivity index (χ1v) is 6.07. The average Bonchev–Trinajstić information content (AvgIpc) is 2.31. The molecule has 1 aliphatic rings. The van der Waals surface area contributed by atoms with Crippen LogP contribution in [0.1, 0.15) is 30.0 Å². The molecular formula is C14H19NO2. The topological polar surface area (TPSA) is 40.5 Å². The largest absolute Gasteiger partial charge is 0.481 e. The SMILES string of the molecule is Cc1ccc(C2CC(C(=O)O)CCN2C)cc1. The van der Waals surface area contributed by atoms with E-state index in [9.17, 15) is 4.79 Å². The van der Waals surface area contributed by atoms with E-state index >= 15 is 0 Å². The number of carboxylic acids is 1. The number of likely N-dealkylation sites (tertiary alicyclic amines) is 1. The van der Waals surface area contributed by atoms with Gasteiger partial charge < -0.3 is 5.11 Å². The molecular weight excluding hydrogens is 214 g/mol. The smallest absolute Gasteiger partial charge is 0.306 e. The Morgan fingerprint density at radius 2 is 2.00 bits per heavy atom. The fraction of sp³-hybridized carbons (Fsp3) is 0.500. The molecule has 17 heavy (non-hydrogen) atoms. The Labute approximate surface area is 102 Å². The molecule has 2 rings (SSSR count). The molecule has 1 fully saturated rings. The van der Waals surface area contributed by atoms with Gasteiger partial charge in [-0.3, -0.25) is 9.69 Å². The van der Waals surface area contributed by atoms with Crippen LogP contribution in [0, 0.1) is 12.8 Å². The van der Waals surface area contributed by atoms with Gasteiger partial charge in [0, 0.05) is 6.04 Å². The highest BCUT2D eigenvalue weighted by Crippen LogP contribution is 2.33. The van der Waals surface area contributed by atoms with E-state index < -0.39 is 5.97 Å². The highest BCUT2D eigenvalue weighted by molar-refractivity contribution is 5.70. The number of aryl methyl sites for hydroxylation is 1. The monoisotopic (exact) mass is 233 g/mol. The van der Waals surface area contributed by atoms with Crippen molar-refractivity contribution in [2.75, 3.05) is 13.6 Å². The molecule has 2 unspecified atom stereocenters. The maximum atomic E-state index is 11.1. The van der Waals surface area contributed by atoms with Crippen LogP contribution < -0.4 is 0 Å². The van der Waals surface area contributed by atoms with Gasteiger partial charge in [-0.25, -0.2) is 0 Å². The maximum Gasteiger partial charge on any atom is 0.306 e. The predicted octanol–water partition coefficient (Wildman–Crippen LogP) is 2.46. The summed E-state index contributed by atoms with van der Waals surface area (Å²) in [5.41, 5.74) is 2.46. The molecule has 1 saturated heterocycles. The summed E-state index contributed by atoms with van der Waals surface area (Å²) >= 11 is 0. The van der Waals surface area contributed by atoms with Crippen LogP contribution in [0.25, 0.3) is 0 Å². The van der Waals surface area contributed by atoms with Crippen LogP contribution >= 0.6 is 0 Å². The lowest BCUT2D eigenvalue weighted by Crippen LogP contribution is -2.36. The molecule has 1 heterocycles. The van der Waals surface area contributed by atoms with Crippen molar-refractivity contribution in [2.24, 2.45) is 5.92 Å². The second kappa shape index (κ2) is 4.88. The third-order valence-corrected chi connectivity index (χ3v) is 3.68. The summed E-state index contributed by atoms with van der Waals surface area (Å²) in [6.07, 6.45) is 1.48. The zero-order valence-corrected chi connectivity index (χ0v) is 10.4. The lowest BCUT2D eigenvalue weighted by Gasteiger charge is -2.35. The van der Waals surface area contributed by atoms with Gasteiger partial charge in [0.1, 0.15) is 0 Å². The van der Waals surface area contributed by atoms with Crippen LogP contribution in [0.15, 0.2) is 24.3 Å². The van der Waals surface area contributed by atoms with Gasteiger partial charge in [0.2, 0.25) is 0 Å². The predicted molar refractivity (Wildman–Crippen MR) is 66.9 cm³/mol. The van der Waals surface area contributed by atoms with E-state index in [1.165, 1.54) is 11.1 Å². The number of benzene rings is 1. The van der Waals surface area contributed by atoms with Crippen LogP contribution in [-0.4, -0.2) is 29.6 Å². The first kappa shape index (κ1) is 12.1. The Balaban J connectivity index is 2.17.